The van der Waals surface area contributed by atoms with Gasteiger partial charge in [-0.2, -0.15) is 0 Å². The summed E-state index contributed by atoms with van der Waals surface area (Å²) in [5, 5.41) is 3.16. The number of amides is 1. The Kier molecular flexibility index (Phi) is 6.07. The molecule has 1 aromatic rings. The number of piperidine rings is 2. The average Bonchev–Trinajstić information content (AvgIpc) is 2.67. The Morgan fingerprint density at radius 2 is 1.96 bits per heavy atom. The first-order chi connectivity index (χ1) is 11.8. The number of carbonyl (C=O) groups is 1. The second-order valence-corrected chi connectivity index (χ2v) is 7.01. The van der Waals surface area contributed by atoms with Crippen molar-refractivity contribution in [3.8, 4) is 0 Å². The van der Waals surface area contributed by atoms with Crippen LogP contribution in [-0.2, 0) is 0 Å². The lowest BCUT2D eigenvalue weighted by molar-refractivity contribution is 0.0937. The predicted octanol–water partition coefficient (Wildman–Crippen LogP) is 2.53. The molecule has 5 nitrogen and oxygen atoms in total. The van der Waals surface area contributed by atoms with Gasteiger partial charge >= 0.3 is 0 Å². The summed E-state index contributed by atoms with van der Waals surface area (Å²) in [6.07, 6.45) is 7.81. The Balaban J connectivity index is 1.57. The number of nitrogens with one attached hydrogen (secondary N) is 1. The molecule has 2 aliphatic heterocycles. The third-order valence-corrected chi connectivity index (χ3v) is 5.39. The van der Waals surface area contributed by atoms with E-state index in [2.05, 4.69) is 27.0 Å². The van der Waals surface area contributed by atoms with Gasteiger partial charge in [-0.25, -0.2) is 4.98 Å². The highest BCUT2D eigenvalue weighted by Crippen LogP contribution is 2.22. The summed E-state index contributed by atoms with van der Waals surface area (Å²) in [5.74, 6) is 1.49. The number of anilines is 1. The summed E-state index contributed by atoms with van der Waals surface area (Å²) in [4.78, 5) is 21.9. The summed E-state index contributed by atoms with van der Waals surface area (Å²) in [7, 11) is 0. The van der Waals surface area contributed by atoms with E-state index in [9.17, 15) is 4.79 Å². The van der Waals surface area contributed by atoms with Gasteiger partial charge in [0, 0.05) is 25.8 Å². The van der Waals surface area contributed by atoms with Crippen molar-refractivity contribution in [2.75, 3.05) is 44.2 Å². The number of aromatic nitrogens is 1. The fourth-order valence-electron chi connectivity index (χ4n) is 3.77. The molecule has 0 unspecified atom stereocenters. The van der Waals surface area contributed by atoms with Crippen LogP contribution in [0, 0.1) is 5.92 Å². The van der Waals surface area contributed by atoms with Crippen molar-refractivity contribution < 1.29 is 4.79 Å². The van der Waals surface area contributed by atoms with Crippen LogP contribution in [0.1, 0.15) is 49.4 Å². The van der Waals surface area contributed by atoms with Gasteiger partial charge in [-0.05, 0) is 69.8 Å². The Bertz CT molecular complexity index is 534. The molecule has 3 heterocycles. The molecule has 0 spiro atoms. The van der Waals surface area contributed by atoms with E-state index in [1.54, 1.807) is 6.20 Å². The molecule has 5 heteroatoms. The highest BCUT2D eigenvalue weighted by molar-refractivity contribution is 5.98. The zero-order chi connectivity index (χ0) is 16.8. The standard InChI is InChI=1S/C19H30N4O/c1-2-22-13-8-16(9-14-22)15-21-19(24)17-7-6-10-20-18(17)23-11-4-3-5-12-23/h6-7,10,16H,2-5,8-9,11-15H2,1H3,(H,21,24). The molecule has 0 aliphatic carbocycles. The second-order valence-electron chi connectivity index (χ2n) is 7.01. The molecule has 2 saturated heterocycles. The minimum atomic E-state index is 0.0293. The quantitative estimate of drug-likeness (QED) is 0.901. The molecule has 2 fully saturated rings. The van der Waals surface area contributed by atoms with Gasteiger partial charge in [0.25, 0.3) is 5.91 Å². The number of rotatable bonds is 5. The van der Waals surface area contributed by atoms with Gasteiger partial charge in [0.2, 0.25) is 0 Å². The number of hydrogen-bond donors (Lipinski definition) is 1. The lowest BCUT2D eigenvalue weighted by Crippen LogP contribution is -2.39. The molecular weight excluding hydrogens is 300 g/mol. The highest BCUT2D eigenvalue weighted by atomic mass is 16.1. The van der Waals surface area contributed by atoms with Crippen molar-refractivity contribution in [3.05, 3.63) is 23.9 Å². The van der Waals surface area contributed by atoms with Crippen LogP contribution in [0.15, 0.2) is 18.3 Å². The van der Waals surface area contributed by atoms with Crippen LogP contribution in [0.2, 0.25) is 0 Å². The number of hydrogen-bond acceptors (Lipinski definition) is 4. The zero-order valence-electron chi connectivity index (χ0n) is 14.8. The third-order valence-electron chi connectivity index (χ3n) is 5.39. The molecule has 0 saturated carbocycles. The van der Waals surface area contributed by atoms with Crippen molar-refractivity contribution in [3.63, 3.8) is 0 Å². The van der Waals surface area contributed by atoms with Gasteiger partial charge in [-0.3, -0.25) is 4.79 Å². The Hall–Kier alpha value is -1.62. The first-order valence-corrected chi connectivity index (χ1v) is 9.48. The number of nitrogens with zero attached hydrogens (tertiary/aromatic N) is 3. The smallest absolute Gasteiger partial charge is 0.255 e. The molecule has 1 aromatic heterocycles. The lowest BCUT2D eigenvalue weighted by Gasteiger charge is -2.31. The van der Waals surface area contributed by atoms with Gasteiger partial charge in [-0.1, -0.05) is 6.92 Å². The maximum Gasteiger partial charge on any atom is 0.255 e. The van der Waals surface area contributed by atoms with Crippen LogP contribution in [0.25, 0.3) is 0 Å². The summed E-state index contributed by atoms with van der Waals surface area (Å²) in [6.45, 7) is 8.46. The van der Waals surface area contributed by atoms with Crippen LogP contribution < -0.4 is 10.2 Å². The Morgan fingerprint density at radius 3 is 2.67 bits per heavy atom. The van der Waals surface area contributed by atoms with E-state index in [0.29, 0.717) is 5.92 Å². The Labute approximate surface area is 145 Å². The molecule has 0 aromatic carbocycles. The Morgan fingerprint density at radius 1 is 1.21 bits per heavy atom. The number of likely N-dealkylation sites (tertiary alicyclic amines) is 1. The fourth-order valence-corrected chi connectivity index (χ4v) is 3.77. The maximum absolute atomic E-state index is 12.7. The molecule has 24 heavy (non-hydrogen) atoms. The number of carbonyl (C=O) groups excluding carboxylic acids is 1. The molecule has 2 aliphatic rings. The van der Waals surface area contributed by atoms with E-state index in [0.717, 1.165) is 50.6 Å². The van der Waals surface area contributed by atoms with E-state index in [1.165, 1.54) is 32.1 Å². The van der Waals surface area contributed by atoms with Crippen molar-refractivity contribution in [1.29, 1.82) is 0 Å². The highest BCUT2D eigenvalue weighted by Gasteiger charge is 2.22. The van der Waals surface area contributed by atoms with E-state index < -0.39 is 0 Å². The lowest BCUT2D eigenvalue weighted by atomic mass is 9.96. The third kappa shape index (κ3) is 4.26. The van der Waals surface area contributed by atoms with Crippen molar-refractivity contribution in [2.24, 2.45) is 5.92 Å². The molecule has 0 radical (unpaired) electrons. The molecular formula is C19H30N4O. The summed E-state index contributed by atoms with van der Waals surface area (Å²) in [5.41, 5.74) is 0.727. The molecule has 1 N–H and O–H groups in total. The van der Waals surface area contributed by atoms with Crippen LogP contribution in [-0.4, -0.2) is 55.1 Å². The van der Waals surface area contributed by atoms with Crippen molar-refractivity contribution in [2.45, 2.75) is 39.0 Å². The van der Waals surface area contributed by atoms with Gasteiger partial charge in [0.1, 0.15) is 5.82 Å². The van der Waals surface area contributed by atoms with E-state index >= 15 is 0 Å². The zero-order valence-corrected chi connectivity index (χ0v) is 14.8. The van der Waals surface area contributed by atoms with Crippen LogP contribution >= 0.6 is 0 Å². The summed E-state index contributed by atoms with van der Waals surface area (Å²) < 4.78 is 0. The summed E-state index contributed by atoms with van der Waals surface area (Å²) in [6, 6.07) is 3.77. The number of pyridine rings is 1. The van der Waals surface area contributed by atoms with Crippen LogP contribution in [0.4, 0.5) is 5.82 Å². The van der Waals surface area contributed by atoms with Gasteiger partial charge < -0.3 is 15.1 Å². The van der Waals surface area contributed by atoms with E-state index in [1.807, 2.05) is 12.1 Å². The van der Waals surface area contributed by atoms with E-state index in [-0.39, 0.29) is 5.91 Å². The van der Waals surface area contributed by atoms with E-state index in [4.69, 9.17) is 0 Å². The molecule has 0 atom stereocenters. The molecule has 132 valence electrons. The first kappa shape index (κ1) is 17.2. The minimum absolute atomic E-state index is 0.0293. The van der Waals surface area contributed by atoms with Gasteiger partial charge in [0.15, 0.2) is 0 Å². The minimum Gasteiger partial charge on any atom is -0.356 e. The SMILES string of the molecule is CCN1CCC(CNC(=O)c2cccnc2N2CCCCC2)CC1. The average molecular weight is 330 g/mol. The second kappa shape index (κ2) is 8.47. The first-order valence-electron chi connectivity index (χ1n) is 9.48. The monoisotopic (exact) mass is 330 g/mol. The molecule has 3 rings (SSSR count). The summed E-state index contributed by atoms with van der Waals surface area (Å²) >= 11 is 0. The van der Waals surface area contributed by atoms with Crippen molar-refractivity contribution >= 4 is 11.7 Å². The van der Waals surface area contributed by atoms with Gasteiger partial charge in [-0.15, -0.1) is 0 Å². The predicted molar refractivity (Wildman–Crippen MR) is 97.5 cm³/mol. The maximum atomic E-state index is 12.7. The van der Waals surface area contributed by atoms with Crippen molar-refractivity contribution in [1.82, 2.24) is 15.2 Å². The van der Waals surface area contributed by atoms with Gasteiger partial charge in [0.05, 0.1) is 5.56 Å². The topological polar surface area (TPSA) is 48.5 Å². The van der Waals surface area contributed by atoms with Crippen LogP contribution in [0.3, 0.4) is 0 Å². The van der Waals surface area contributed by atoms with Crippen LogP contribution in [0.5, 0.6) is 0 Å². The normalized spacial score (nSPS) is 20.1. The molecule has 0 bridgehead atoms. The fraction of sp³-hybridized carbons (Fsp3) is 0.684. The molecule has 1 amide bonds. The largest absolute Gasteiger partial charge is 0.356 e.